The molecule has 0 radical (unpaired) electrons. The van der Waals surface area contributed by atoms with Crippen LogP contribution in [-0.4, -0.2) is 69.0 Å². The molecule has 210 valence electrons. The second-order valence-electron chi connectivity index (χ2n) is 10.6. The number of rotatable bonds is 8. The highest BCUT2D eigenvalue weighted by Gasteiger charge is 2.42. The molecular formula is C30H31ClFN3O4S. The Hall–Kier alpha value is -3.27. The van der Waals surface area contributed by atoms with Crippen molar-refractivity contribution in [3.05, 3.63) is 100 Å². The van der Waals surface area contributed by atoms with E-state index in [1.807, 2.05) is 30.3 Å². The van der Waals surface area contributed by atoms with Crippen molar-refractivity contribution in [2.75, 3.05) is 39.0 Å². The van der Waals surface area contributed by atoms with E-state index < -0.39 is 15.7 Å². The van der Waals surface area contributed by atoms with E-state index in [2.05, 4.69) is 10.2 Å². The second kappa shape index (κ2) is 11.7. The molecule has 2 unspecified atom stereocenters. The van der Waals surface area contributed by atoms with Gasteiger partial charge >= 0.3 is 0 Å². The van der Waals surface area contributed by atoms with E-state index in [0.29, 0.717) is 36.9 Å². The van der Waals surface area contributed by atoms with Crippen molar-refractivity contribution in [1.29, 1.82) is 0 Å². The van der Waals surface area contributed by atoms with Crippen molar-refractivity contribution >= 4 is 33.3 Å². The molecule has 2 amide bonds. The quantitative estimate of drug-likeness (QED) is 0.423. The fourth-order valence-electron chi connectivity index (χ4n) is 5.71. The average Bonchev–Trinajstić information content (AvgIpc) is 3.50. The van der Waals surface area contributed by atoms with Gasteiger partial charge in [0.25, 0.3) is 11.8 Å². The van der Waals surface area contributed by atoms with E-state index in [0.717, 1.165) is 31.5 Å². The van der Waals surface area contributed by atoms with E-state index in [-0.39, 0.29) is 33.3 Å². The van der Waals surface area contributed by atoms with Crippen molar-refractivity contribution in [3.8, 4) is 0 Å². The molecule has 3 atom stereocenters. The van der Waals surface area contributed by atoms with Crippen LogP contribution in [0, 0.1) is 17.7 Å². The first-order valence-corrected chi connectivity index (χ1v) is 15.5. The second-order valence-corrected chi connectivity index (χ2v) is 13.0. The maximum absolute atomic E-state index is 14.3. The third-order valence-corrected chi connectivity index (χ3v) is 9.26. The third-order valence-electron chi connectivity index (χ3n) is 7.81. The van der Waals surface area contributed by atoms with Crippen LogP contribution in [0.5, 0.6) is 0 Å². The fraction of sp³-hybridized carbons (Fsp3) is 0.333. The topological polar surface area (TPSA) is 86.8 Å². The molecule has 2 aliphatic rings. The third kappa shape index (κ3) is 6.22. The molecule has 0 bridgehead atoms. The van der Waals surface area contributed by atoms with Gasteiger partial charge in [0.05, 0.1) is 21.5 Å². The molecule has 7 nitrogen and oxygen atoms in total. The highest BCUT2D eigenvalue weighted by molar-refractivity contribution is 7.90. The van der Waals surface area contributed by atoms with Crippen molar-refractivity contribution in [2.45, 2.75) is 17.4 Å². The van der Waals surface area contributed by atoms with Crippen LogP contribution in [0.25, 0.3) is 0 Å². The summed E-state index contributed by atoms with van der Waals surface area (Å²) in [6.45, 7) is 3.52. The molecule has 0 aliphatic carbocycles. The molecule has 5 rings (SSSR count). The van der Waals surface area contributed by atoms with E-state index in [4.69, 9.17) is 11.6 Å². The molecule has 40 heavy (non-hydrogen) atoms. The Balaban J connectivity index is 1.20. The van der Waals surface area contributed by atoms with Gasteiger partial charge in [0, 0.05) is 44.5 Å². The first-order valence-electron chi connectivity index (χ1n) is 13.2. The molecule has 2 saturated heterocycles. The zero-order valence-corrected chi connectivity index (χ0v) is 23.7. The van der Waals surface area contributed by atoms with Gasteiger partial charge in [0.2, 0.25) is 0 Å². The minimum atomic E-state index is -3.34. The zero-order valence-electron chi connectivity index (χ0n) is 22.1. The Morgan fingerprint density at radius 1 is 0.950 bits per heavy atom. The van der Waals surface area contributed by atoms with Gasteiger partial charge in [-0.05, 0) is 60.2 Å². The number of carbonyl (C=O) groups is 2. The largest absolute Gasteiger partial charge is 0.345 e. The van der Waals surface area contributed by atoms with E-state index in [1.165, 1.54) is 42.5 Å². The first-order chi connectivity index (χ1) is 19.1. The SMILES string of the molecule is CS(=O)(=O)c1ccc(C(=O)NC(CCN2CC3CN(C(=O)c4c(F)cccc4Cl)C[C@@H]3C2)c2ccccc2)cc1. The Morgan fingerprint density at radius 3 is 2.20 bits per heavy atom. The van der Waals surface area contributed by atoms with Crippen LogP contribution < -0.4 is 5.32 Å². The number of halogens is 2. The number of carbonyl (C=O) groups excluding carboxylic acids is 2. The van der Waals surface area contributed by atoms with Crippen LogP contribution >= 0.6 is 11.6 Å². The maximum Gasteiger partial charge on any atom is 0.258 e. The molecule has 3 aromatic rings. The number of nitrogens with one attached hydrogen (secondary N) is 1. The lowest BCUT2D eigenvalue weighted by Gasteiger charge is -2.25. The summed E-state index contributed by atoms with van der Waals surface area (Å²) in [7, 11) is -3.34. The van der Waals surface area contributed by atoms with Gasteiger partial charge in [0.1, 0.15) is 5.82 Å². The smallest absolute Gasteiger partial charge is 0.258 e. The van der Waals surface area contributed by atoms with Gasteiger partial charge in [-0.1, -0.05) is 48.0 Å². The summed E-state index contributed by atoms with van der Waals surface area (Å²) in [4.78, 5) is 30.3. The van der Waals surface area contributed by atoms with Crippen molar-refractivity contribution in [3.63, 3.8) is 0 Å². The molecule has 2 fully saturated rings. The van der Waals surface area contributed by atoms with E-state index >= 15 is 0 Å². The van der Waals surface area contributed by atoms with Crippen LogP contribution in [0.15, 0.2) is 77.7 Å². The molecule has 3 aromatic carbocycles. The van der Waals surface area contributed by atoms with Gasteiger partial charge in [-0.25, -0.2) is 12.8 Å². The maximum atomic E-state index is 14.3. The van der Waals surface area contributed by atoms with Crippen LogP contribution in [0.2, 0.25) is 5.02 Å². The minimum absolute atomic E-state index is 0.0617. The van der Waals surface area contributed by atoms with Crippen LogP contribution in [0.1, 0.15) is 38.7 Å². The minimum Gasteiger partial charge on any atom is -0.345 e. The summed E-state index contributed by atoms with van der Waals surface area (Å²) < 4.78 is 37.8. The number of hydrogen-bond donors (Lipinski definition) is 1. The highest BCUT2D eigenvalue weighted by Crippen LogP contribution is 2.34. The highest BCUT2D eigenvalue weighted by atomic mass is 35.5. The molecule has 0 aromatic heterocycles. The zero-order chi connectivity index (χ0) is 28.4. The lowest BCUT2D eigenvalue weighted by molar-refractivity contribution is 0.0769. The summed E-state index contributed by atoms with van der Waals surface area (Å²) in [5.41, 5.74) is 1.32. The van der Waals surface area contributed by atoms with Gasteiger partial charge in [-0.15, -0.1) is 0 Å². The standard InChI is InChI=1S/C30H31ClFN3O4S/c1-40(38,39)24-12-10-21(11-13-24)29(36)33-27(20-6-3-2-4-7-20)14-15-34-16-22-18-35(19-23(22)17-34)30(37)28-25(31)8-5-9-26(28)32/h2-13,22-23,27H,14-19H2,1H3,(H,33,36)/t22-,23?,27?/m0/s1. The summed E-state index contributed by atoms with van der Waals surface area (Å²) in [6, 6.07) is 19.7. The molecule has 10 heteroatoms. The Labute approximate surface area is 238 Å². The van der Waals surface area contributed by atoms with Gasteiger partial charge in [0.15, 0.2) is 9.84 Å². The Morgan fingerprint density at radius 2 is 1.60 bits per heavy atom. The van der Waals surface area contributed by atoms with Crippen molar-refractivity contribution in [2.24, 2.45) is 11.8 Å². The summed E-state index contributed by atoms with van der Waals surface area (Å²) in [5.74, 6) is -0.634. The van der Waals surface area contributed by atoms with Crippen LogP contribution in [0.3, 0.4) is 0 Å². The first kappa shape index (κ1) is 28.3. The molecule has 0 spiro atoms. The lowest BCUT2D eigenvalue weighted by atomic mass is 10.0. The van der Waals surface area contributed by atoms with Crippen LogP contribution in [0.4, 0.5) is 4.39 Å². The van der Waals surface area contributed by atoms with E-state index in [1.54, 1.807) is 4.90 Å². The normalized spacial score (nSPS) is 19.8. The summed E-state index contributed by atoms with van der Waals surface area (Å²) >= 11 is 6.12. The summed E-state index contributed by atoms with van der Waals surface area (Å²) in [5, 5.41) is 3.25. The van der Waals surface area contributed by atoms with Crippen LogP contribution in [-0.2, 0) is 9.84 Å². The number of hydrogen-bond acceptors (Lipinski definition) is 5. The van der Waals surface area contributed by atoms with Gasteiger partial charge in [-0.3, -0.25) is 9.59 Å². The average molecular weight is 584 g/mol. The van der Waals surface area contributed by atoms with Gasteiger partial charge in [-0.2, -0.15) is 0 Å². The lowest BCUT2D eigenvalue weighted by Crippen LogP contribution is -2.35. The predicted octanol–water partition coefficient (Wildman–Crippen LogP) is 4.45. The number of sulfone groups is 1. The summed E-state index contributed by atoms with van der Waals surface area (Å²) in [6.07, 6.45) is 1.82. The number of likely N-dealkylation sites (tertiary alicyclic amines) is 2. The molecular weight excluding hydrogens is 553 g/mol. The van der Waals surface area contributed by atoms with Crippen molar-refractivity contribution in [1.82, 2.24) is 15.1 Å². The van der Waals surface area contributed by atoms with Gasteiger partial charge < -0.3 is 15.1 Å². The monoisotopic (exact) mass is 583 g/mol. The molecule has 2 aliphatic heterocycles. The molecule has 1 N–H and O–H groups in total. The fourth-order valence-corrected chi connectivity index (χ4v) is 6.59. The molecule has 0 saturated carbocycles. The molecule has 2 heterocycles. The number of nitrogens with zero attached hydrogens (tertiary/aromatic N) is 2. The van der Waals surface area contributed by atoms with E-state index in [9.17, 15) is 22.4 Å². The Kier molecular flexibility index (Phi) is 8.26. The number of benzene rings is 3. The predicted molar refractivity (Wildman–Crippen MR) is 152 cm³/mol. The number of fused-ring (bicyclic) bond motifs is 1. The number of amides is 2. The Bertz CT molecular complexity index is 1470. The van der Waals surface area contributed by atoms with Crippen molar-refractivity contribution < 1.29 is 22.4 Å².